The Balaban J connectivity index is 1.82. The Morgan fingerprint density at radius 1 is 1.64 bits per heavy atom. The molecule has 2 aliphatic carbocycles. The molecule has 76 valence electrons. The van der Waals surface area contributed by atoms with E-state index in [9.17, 15) is 0 Å². The van der Waals surface area contributed by atoms with Gasteiger partial charge in [0.1, 0.15) is 5.82 Å². The van der Waals surface area contributed by atoms with E-state index in [1.54, 1.807) is 4.68 Å². The van der Waals surface area contributed by atoms with E-state index in [1.807, 2.05) is 6.07 Å². The Kier molecular flexibility index (Phi) is 1.49. The van der Waals surface area contributed by atoms with Crippen molar-refractivity contribution in [3.8, 4) is 0 Å². The summed E-state index contributed by atoms with van der Waals surface area (Å²) in [5.41, 5.74) is 7.55. The van der Waals surface area contributed by atoms with Crippen molar-refractivity contribution < 1.29 is 5.11 Å². The first-order chi connectivity index (χ1) is 6.75. The van der Waals surface area contributed by atoms with Crippen LogP contribution in [0.3, 0.4) is 0 Å². The van der Waals surface area contributed by atoms with Crippen molar-refractivity contribution in [1.82, 2.24) is 9.78 Å². The van der Waals surface area contributed by atoms with Gasteiger partial charge in [-0.05, 0) is 24.7 Å². The number of aliphatic hydroxyl groups excluding tert-OH is 1. The molecule has 1 atom stereocenters. The van der Waals surface area contributed by atoms with Gasteiger partial charge in [0.05, 0.1) is 18.8 Å². The van der Waals surface area contributed by atoms with E-state index in [0.717, 1.165) is 5.69 Å². The first-order valence-electron chi connectivity index (χ1n) is 5.19. The fraction of sp³-hybridized carbons (Fsp3) is 0.700. The third-order valence-electron chi connectivity index (χ3n) is 3.58. The number of nitrogen functional groups attached to an aromatic ring is 1. The van der Waals surface area contributed by atoms with Crippen molar-refractivity contribution in [3.63, 3.8) is 0 Å². The molecule has 0 radical (unpaired) electrons. The summed E-state index contributed by atoms with van der Waals surface area (Å²) in [6, 6.07) is 1.97. The highest BCUT2D eigenvalue weighted by molar-refractivity contribution is 5.38. The normalized spacial score (nSPS) is 26.8. The molecule has 0 bridgehead atoms. The average Bonchev–Trinajstić information content (AvgIpc) is 3.05. The zero-order valence-corrected chi connectivity index (χ0v) is 8.11. The van der Waals surface area contributed by atoms with Crippen LogP contribution >= 0.6 is 0 Å². The molecule has 2 saturated carbocycles. The lowest BCUT2D eigenvalue weighted by atomic mass is 10.2. The number of hydrogen-bond acceptors (Lipinski definition) is 3. The van der Waals surface area contributed by atoms with Crippen LogP contribution in [-0.4, -0.2) is 21.5 Å². The predicted octanol–water partition coefficient (Wildman–Crippen LogP) is 0.725. The number of aliphatic hydroxyl groups is 1. The van der Waals surface area contributed by atoms with Crippen LogP contribution in [0.5, 0.6) is 0 Å². The molecule has 3 rings (SSSR count). The second kappa shape index (κ2) is 2.51. The van der Waals surface area contributed by atoms with Gasteiger partial charge in [-0.3, -0.25) is 0 Å². The third-order valence-corrected chi connectivity index (χ3v) is 3.58. The van der Waals surface area contributed by atoms with Gasteiger partial charge in [-0.15, -0.1) is 0 Å². The van der Waals surface area contributed by atoms with E-state index in [1.165, 1.54) is 19.3 Å². The van der Waals surface area contributed by atoms with E-state index in [4.69, 9.17) is 10.8 Å². The molecule has 2 aliphatic rings. The van der Waals surface area contributed by atoms with Crippen LogP contribution in [0.2, 0.25) is 0 Å². The molecule has 0 aliphatic heterocycles. The van der Waals surface area contributed by atoms with Gasteiger partial charge < -0.3 is 10.8 Å². The second-order valence-corrected chi connectivity index (χ2v) is 4.56. The highest BCUT2D eigenvalue weighted by atomic mass is 16.3. The lowest BCUT2D eigenvalue weighted by molar-refractivity contribution is 0.270. The van der Waals surface area contributed by atoms with Crippen LogP contribution in [0.15, 0.2) is 6.07 Å². The summed E-state index contributed by atoms with van der Waals surface area (Å²) >= 11 is 0. The summed E-state index contributed by atoms with van der Waals surface area (Å²) in [5, 5.41) is 13.2. The van der Waals surface area contributed by atoms with Crippen molar-refractivity contribution in [3.05, 3.63) is 11.8 Å². The van der Waals surface area contributed by atoms with Crippen molar-refractivity contribution in [2.75, 3.05) is 12.3 Å². The molecule has 1 heterocycles. The minimum atomic E-state index is 0.0983. The van der Waals surface area contributed by atoms with Crippen molar-refractivity contribution in [2.45, 2.75) is 31.7 Å². The number of anilines is 1. The van der Waals surface area contributed by atoms with Crippen molar-refractivity contribution in [1.29, 1.82) is 0 Å². The zero-order valence-electron chi connectivity index (χ0n) is 8.11. The van der Waals surface area contributed by atoms with Crippen LogP contribution in [0, 0.1) is 5.41 Å². The highest BCUT2D eigenvalue weighted by Crippen LogP contribution is 2.74. The largest absolute Gasteiger partial charge is 0.394 e. The van der Waals surface area contributed by atoms with Gasteiger partial charge >= 0.3 is 0 Å². The standard InChI is InChI=1S/C10H15N3O/c11-9-5-8(12-13(9)3-4-14)7-6-10(7)1-2-10/h5,7,14H,1-4,6,11H2. The molecular formula is C10H15N3O. The fourth-order valence-corrected chi connectivity index (χ4v) is 2.38. The van der Waals surface area contributed by atoms with E-state index in [-0.39, 0.29) is 6.61 Å². The molecule has 3 N–H and O–H groups in total. The Morgan fingerprint density at radius 2 is 2.43 bits per heavy atom. The van der Waals surface area contributed by atoms with E-state index >= 15 is 0 Å². The van der Waals surface area contributed by atoms with Gasteiger partial charge in [-0.25, -0.2) is 4.68 Å². The quantitative estimate of drug-likeness (QED) is 0.743. The molecule has 1 unspecified atom stereocenters. The molecule has 1 aromatic heterocycles. The Bertz CT molecular complexity index is 367. The third kappa shape index (κ3) is 1.07. The van der Waals surface area contributed by atoms with Gasteiger partial charge in [-0.1, -0.05) is 0 Å². The van der Waals surface area contributed by atoms with Crippen LogP contribution in [0.4, 0.5) is 5.82 Å². The minimum Gasteiger partial charge on any atom is -0.394 e. The fourth-order valence-electron chi connectivity index (χ4n) is 2.38. The Hall–Kier alpha value is -1.03. The van der Waals surface area contributed by atoms with Gasteiger partial charge in [0, 0.05) is 12.0 Å². The van der Waals surface area contributed by atoms with Gasteiger partial charge in [0.25, 0.3) is 0 Å². The Labute approximate surface area is 82.7 Å². The maximum atomic E-state index is 8.81. The topological polar surface area (TPSA) is 64.1 Å². The monoisotopic (exact) mass is 193 g/mol. The first kappa shape index (κ1) is 8.29. The highest BCUT2D eigenvalue weighted by Gasteiger charge is 2.63. The van der Waals surface area contributed by atoms with Gasteiger partial charge in [-0.2, -0.15) is 5.10 Å². The van der Waals surface area contributed by atoms with E-state index < -0.39 is 0 Å². The van der Waals surface area contributed by atoms with Gasteiger partial charge in [0.2, 0.25) is 0 Å². The number of nitrogens with two attached hydrogens (primary N) is 1. The molecule has 4 heteroatoms. The molecule has 0 saturated heterocycles. The average molecular weight is 193 g/mol. The summed E-state index contributed by atoms with van der Waals surface area (Å²) in [6.45, 7) is 0.604. The number of rotatable bonds is 3. The lowest BCUT2D eigenvalue weighted by Gasteiger charge is -1.98. The SMILES string of the molecule is Nc1cc(C2CC23CC3)nn1CCO. The number of aromatic nitrogens is 2. The second-order valence-electron chi connectivity index (χ2n) is 4.56. The molecule has 0 aromatic carbocycles. The number of nitrogens with zero attached hydrogens (tertiary/aromatic N) is 2. The lowest BCUT2D eigenvalue weighted by Crippen LogP contribution is -2.07. The molecule has 2 fully saturated rings. The smallest absolute Gasteiger partial charge is 0.122 e. The molecule has 4 nitrogen and oxygen atoms in total. The maximum Gasteiger partial charge on any atom is 0.122 e. The summed E-state index contributed by atoms with van der Waals surface area (Å²) in [7, 11) is 0. The van der Waals surface area contributed by atoms with Gasteiger partial charge in [0.15, 0.2) is 0 Å². The molecule has 1 aromatic rings. The van der Waals surface area contributed by atoms with E-state index in [2.05, 4.69) is 5.10 Å². The minimum absolute atomic E-state index is 0.0983. The molecule has 0 amide bonds. The summed E-state index contributed by atoms with van der Waals surface area (Å²) < 4.78 is 1.70. The summed E-state index contributed by atoms with van der Waals surface area (Å²) in [5.74, 6) is 1.33. The molecular weight excluding hydrogens is 178 g/mol. The van der Waals surface area contributed by atoms with E-state index in [0.29, 0.717) is 23.7 Å². The summed E-state index contributed by atoms with van der Waals surface area (Å²) in [4.78, 5) is 0. The molecule has 1 spiro atoms. The molecule has 14 heavy (non-hydrogen) atoms. The van der Waals surface area contributed by atoms with Crippen LogP contribution < -0.4 is 5.73 Å². The van der Waals surface area contributed by atoms with Crippen molar-refractivity contribution in [2.24, 2.45) is 5.41 Å². The predicted molar refractivity (Wildman–Crippen MR) is 52.8 cm³/mol. The van der Waals surface area contributed by atoms with Crippen LogP contribution in [-0.2, 0) is 6.54 Å². The maximum absolute atomic E-state index is 8.81. The number of hydrogen-bond donors (Lipinski definition) is 2. The zero-order chi connectivity index (χ0) is 9.76. The van der Waals surface area contributed by atoms with Crippen LogP contribution in [0.1, 0.15) is 30.9 Å². The summed E-state index contributed by atoms with van der Waals surface area (Å²) in [6.07, 6.45) is 4.03. The Morgan fingerprint density at radius 3 is 3.00 bits per heavy atom. The van der Waals surface area contributed by atoms with Crippen molar-refractivity contribution >= 4 is 5.82 Å². The van der Waals surface area contributed by atoms with Crippen LogP contribution in [0.25, 0.3) is 0 Å². The first-order valence-corrected chi connectivity index (χ1v) is 5.19.